The molecule has 4 aromatic rings. The van der Waals surface area contributed by atoms with Gasteiger partial charge in [0.25, 0.3) is 0 Å². The minimum absolute atomic E-state index is 0.269. The van der Waals surface area contributed by atoms with E-state index in [4.69, 9.17) is 9.57 Å². The predicted molar refractivity (Wildman–Crippen MR) is 124 cm³/mol. The Hall–Kier alpha value is -3.23. The molecule has 7 nitrogen and oxygen atoms in total. The van der Waals surface area contributed by atoms with Gasteiger partial charge in [0.1, 0.15) is 12.6 Å². The van der Waals surface area contributed by atoms with Crippen LogP contribution in [-0.4, -0.2) is 33.2 Å². The summed E-state index contributed by atoms with van der Waals surface area (Å²) < 4.78 is 5.99. The maximum atomic E-state index is 12.6. The van der Waals surface area contributed by atoms with Crippen molar-refractivity contribution in [3.05, 3.63) is 81.2 Å². The molecule has 0 radical (unpaired) electrons. The maximum absolute atomic E-state index is 12.6. The van der Waals surface area contributed by atoms with Gasteiger partial charge in [-0.15, -0.1) is 0 Å². The highest BCUT2D eigenvalue weighted by Gasteiger charge is 2.37. The van der Waals surface area contributed by atoms with Crippen molar-refractivity contribution in [2.45, 2.75) is 26.5 Å². The quantitative estimate of drug-likeness (QED) is 0.393. The second-order valence-corrected chi connectivity index (χ2v) is 8.69. The molecule has 5 rings (SSSR count). The van der Waals surface area contributed by atoms with E-state index in [2.05, 4.69) is 36.9 Å². The normalized spacial score (nSPS) is 15.6. The summed E-state index contributed by atoms with van der Waals surface area (Å²) in [5.41, 5.74) is 6.67. The van der Waals surface area contributed by atoms with E-state index in [1.54, 1.807) is 6.20 Å². The lowest BCUT2D eigenvalue weighted by atomic mass is 9.95. The number of methoxy groups -OCH3 is 1. The minimum Gasteiger partial charge on any atom is -0.451 e. The molecule has 2 aromatic heterocycles. The Morgan fingerprint density at radius 1 is 1.22 bits per heavy atom. The SMILES string of the molecule is COC(=O)N1OCc2c([nH]c3ccc(Br)cc23)C1c1ccc(-c2nccc(C)n2)c(C)c1. The molecule has 1 aliphatic rings. The van der Waals surface area contributed by atoms with E-state index in [0.717, 1.165) is 49.0 Å². The second-order valence-electron chi connectivity index (χ2n) is 7.77. The molecule has 1 unspecified atom stereocenters. The van der Waals surface area contributed by atoms with Crippen molar-refractivity contribution >= 4 is 32.9 Å². The fourth-order valence-corrected chi connectivity index (χ4v) is 4.55. The van der Waals surface area contributed by atoms with Gasteiger partial charge < -0.3 is 9.72 Å². The lowest BCUT2D eigenvalue weighted by Crippen LogP contribution is -2.39. The molecular formula is C24H21BrN4O3. The van der Waals surface area contributed by atoms with Crippen molar-refractivity contribution in [1.82, 2.24) is 20.0 Å². The van der Waals surface area contributed by atoms with Gasteiger partial charge in [0.2, 0.25) is 0 Å². The fraction of sp³-hybridized carbons (Fsp3) is 0.208. The summed E-state index contributed by atoms with van der Waals surface area (Å²) >= 11 is 3.54. The Labute approximate surface area is 193 Å². The van der Waals surface area contributed by atoms with Crippen LogP contribution in [0.1, 0.15) is 34.1 Å². The van der Waals surface area contributed by atoms with Crippen LogP contribution in [0.15, 0.2) is 53.1 Å². The van der Waals surface area contributed by atoms with E-state index in [-0.39, 0.29) is 6.61 Å². The summed E-state index contributed by atoms with van der Waals surface area (Å²) in [6, 6.07) is 13.5. The molecule has 8 heteroatoms. The number of rotatable bonds is 2. The van der Waals surface area contributed by atoms with E-state index in [9.17, 15) is 4.79 Å². The number of carbonyl (C=O) groups is 1. The molecule has 0 saturated carbocycles. The number of hydrogen-bond donors (Lipinski definition) is 1. The number of ether oxygens (including phenoxy) is 1. The smallest absolute Gasteiger partial charge is 0.434 e. The molecule has 2 aromatic carbocycles. The third kappa shape index (κ3) is 3.45. The Morgan fingerprint density at radius 3 is 2.81 bits per heavy atom. The first-order valence-corrected chi connectivity index (χ1v) is 11.0. The average Bonchev–Trinajstić information content (AvgIpc) is 3.15. The lowest BCUT2D eigenvalue weighted by molar-refractivity contribution is -0.173. The largest absolute Gasteiger partial charge is 0.451 e. The van der Waals surface area contributed by atoms with Crippen LogP contribution in [-0.2, 0) is 16.2 Å². The van der Waals surface area contributed by atoms with Crippen LogP contribution in [0.5, 0.6) is 0 Å². The molecular weight excluding hydrogens is 472 g/mol. The van der Waals surface area contributed by atoms with E-state index < -0.39 is 12.1 Å². The van der Waals surface area contributed by atoms with Crippen LogP contribution in [0.2, 0.25) is 0 Å². The van der Waals surface area contributed by atoms with Crippen molar-refractivity contribution in [3.8, 4) is 11.4 Å². The number of hydroxylamine groups is 2. The van der Waals surface area contributed by atoms with Crippen LogP contribution >= 0.6 is 15.9 Å². The van der Waals surface area contributed by atoms with Crippen molar-refractivity contribution in [2.75, 3.05) is 7.11 Å². The number of amides is 1. The van der Waals surface area contributed by atoms with Gasteiger partial charge in [0.05, 0.1) is 12.8 Å². The third-order valence-corrected chi connectivity index (χ3v) is 6.21. The molecule has 0 spiro atoms. The molecule has 3 heterocycles. The molecule has 1 amide bonds. The number of halogens is 1. The van der Waals surface area contributed by atoms with Crippen LogP contribution in [0.25, 0.3) is 22.3 Å². The molecule has 0 saturated heterocycles. The zero-order valence-electron chi connectivity index (χ0n) is 17.8. The van der Waals surface area contributed by atoms with Crippen LogP contribution in [0.3, 0.4) is 0 Å². The zero-order chi connectivity index (χ0) is 22.4. The Morgan fingerprint density at radius 2 is 2.06 bits per heavy atom. The monoisotopic (exact) mass is 492 g/mol. The summed E-state index contributed by atoms with van der Waals surface area (Å²) in [7, 11) is 1.35. The number of hydrogen-bond acceptors (Lipinski definition) is 5. The summed E-state index contributed by atoms with van der Waals surface area (Å²) in [5, 5.41) is 2.36. The van der Waals surface area contributed by atoms with Gasteiger partial charge in [0, 0.05) is 38.4 Å². The second kappa shape index (κ2) is 8.03. The average molecular weight is 493 g/mol. The number of aryl methyl sites for hydroxylation is 2. The van der Waals surface area contributed by atoms with Crippen LogP contribution in [0.4, 0.5) is 4.79 Å². The molecule has 1 atom stereocenters. The maximum Gasteiger partial charge on any atom is 0.434 e. The molecule has 1 N–H and O–H groups in total. The van der Waals surface area contributed by atoms with Crippen LogP contribution in [0, 0.1) is 13.8 Å². The van der Waals surface area contributed by atoms with Gasteiger partial charge in [0.15, 0.2) is 5.82 Å². The van der Waals surface area contributed by atoms with Crippen molar-refractivity contribution in [2.24, 2.45) is 0 Å². The highest BCUT2D eigenvalue weighted by atomic mass is 79.9. The summed E-state index contributed by atoms with van der Waals surface area (Å²) in [6.07, 6.45) is 1.21. The fourth-order valence-electron chi connectivity index (χ4n) is 4.19. The van der Waals surface area contributed by atoms with E-state index in [1.807, 2.05) is 50.2 Å². The molecule has 32 heavy (non-hydrogen) atoms. The first-order valence-electron chi connectivity index (χ1n) is 10.2. The van der Waals surface area contributed by atoms with Crippen molar-refractivity contribution in [1.29, 1.82) is 0 Å². The van der Waals surface area contributed by atoms with Gasteiger partial charge in [-0.2, -0.15) is 5.06 Å². The number of carbonyl (C=O) groups excluding carboxylic acids is 1. The van der Waals surface area contributed by atoms with E-state index in [0.29, 0.717) is 5.82 Å². The summed E-state index contributed by atoms with van der Waals surface area (Å²) in [4.78, 5) is 30.9. The lowest BCUT2D eigenvalue weighted by Gasteiger charge is -2.34. The highest BCUT2D eigenvalue weighted by Crippen LogP contribution is 2.40. The number of nitrogens with zero attached hydrogens (tertiary/aromatic N) is 3. The topological polar surface area (TPSA) is 80.3 Å². The minimum atomic E-state index is -0.552. The van der Waals surface area contributed by atoms with Gasteiger partial charge in [-0.05, 0) is 49.2 Å². The molecule has 0 bridgehead atoms. The third-order valence-electron chi connectivity index (χ3n) is 5.71. The Kier molecular flexibility index (Phi) is 5.19. The predicted octanol–water partition coefficient (Wildman–Crippen LogP) is 5.61. The summed E-state index contributed by atoms with van der Waals surface area (Å²) in [5.74, 6) is 0.676. The van der Waals surface area contributed by atoms with Gasteiger partial charge >= 0.3 is 6.09 Å². The van der Waals surface area contributed by atoms with E-state index in [1.165, 1.54) is 12.2 Å². The Bertz CT molecular complexity index is 1350. The first-order chi connectivity index (χ1) is 15.5. The number of aromatic amines is 1. The van der Waals surface area contributed by atoms with Gasteiger partial charge in [-0.3, -0.25) is 4.84 Å². The molecule has 1 aliphatic heterocycles. The standard InChI is InChI=1S/C24H21BrN4O3/c1-13-10-15(4-6-17(13)23-26-9-8-14(2)27-23)22-21-19(12-32-29(22)24(30)31-3)18-11-16(25)5-7-20(18)28-21/h4-11,22,28H,12H2,1-3H3. The Balaban J connectivity index is 1.65. The van der Waals surface area contributed by atoms with Crippen LogP contribution < -0.4 is 0 Å². The summed E-state index contributed by atoms with van der Waals surface area (Å²) in [6.45, 7) is 4.23. The number of nitrogens with one attached hydrogen (secondary N) is 1. The first kappa shape index (κ1) is 20.7. The highest BCUT2D eigenvalue weighted by molar-refractivity contribution is 9.10. The van der Waals surface area contributed by atoms with E-state index >= 15 is 0 Å². The number of fused-ring (bicyclic) bond motifs is 3. The number of H-pyrrole nitrogens is 1. The number of aromatic nitrogens is 3. The van der Waals surface area contributed by atoms with Gasteiger partial charge in [-0.25, -0.2) is 14.8 Å². The van der Waals surface area contributed by atoms with Crippen molar-refractivity contribution < 1.29 is 14.4 Å². The molecule has 0 aliphatic carbocycles. The number of benzene rings is 2. The molecule has 0 fully saturated rings. The van der Waals surface area contributed by atoms with Gasteiger partial charge in [-0.1, -0.05) is 34.1 Å². The molecule has 162 valence electrons. The van der Waals surface area contributed by atoms with Crippen molar-refractivity contribution in [3.63, 3.8) is 0 Å². The zero-order valence-corrected chi connectivity index (χ0v) is 19.4.